The Morgan fingerprint density at radius 1 is 1.27 bits per heavy atom. The monoisotopic (exact) mass is 442 g/mol. The summed E-state index contributed by atoms with van der Waals surface area (Å²) in [4.78, 5) is 18.4. The number of nitrogens with one attached hydrogen (secondary N) is 2. The van der Waals surface area contributed by atoms with E-state index in [-0.39, 0.29) is 29.9 Å². The van der Waals surface area contributed by atoms with Crippen molar-refractivity contribution in [3.63, 3.8) is 0 Å². The van der Waals surface area contributed by atoms with Crippen molar-refractivity contribution in [1.82, 2.24) is 15.5 Å². The van der Waals surface area contributed by atoms with Gasteiger partial charge >= 0.3 is 0 Å². The van der Waals surface area contributed by atoms with Crippen LogP contribution >= 0.6 is 35.7 Å². The fourth-order valence-electron chi connectivity index (χ4n) is 2.35. The molecule has 0 spiro atoms. The Bertz CT molecular complexity index is 332. The van der Waals surface area contributed by atoms with Crippen LogP contribution in [0.2, 0.25) is 0 Å². The van der Waals surface area contributed by atoms with Crippen LogP contribution in [0.3, 0.4) is 0 Å². The Morgan fingerprint density at radius 2 is 2.00 bits per heavy atom. The molecule has 0 bridgehead atoms. The highest BCUT2D eigenvalue weighted by atomic mass is 127. The standard InChI is InChI=1S/C15H30N4OS.HI/c1-4-16-15(18-12-13-8-7-11-21-13)17-10-9-14(20)19(5-2)6-3;/h13H,4-12H2,1-3H3,(H2,16,17,18);1H. The topological polar surface area (TPSA) is 56.7 Å². The Hall–Kier alpha value is -0.180. The third kappa shape index (κ3) is 8.45. The summed E-state index contributed by atoms with van der Waals surface area (Å²) in [7, 11) is 0. The molecule has 22 heavy (non-hydrogen) atoms. The molecule has 5 nitrogen and oxygen atoms in total. The van der Waals surface area contributed by atoms with Crippen molar-refractivity contribution < 1.29 is 4.79 Å². The molecule has 0 radical (unpaired) electrons. The van der Waals surface area contributed by atoms with Gasteiger partial charge in [-0.25, -0.2) is 0 Å². The summed E-state index contributed by atoms with van der Waals surface area (Å²) < 4.78 is 0. The summed E-state index contributed by atoms with van der Waals surface area (Å²) in [6, 6.07) is 0. The Balaban J connectivity index is 0.00000441. The first-order valence-corrected chi connectivity index (χ1v) is 9.17. The molecule has 130 valence electrons. The molecule has 1 atom stereocenters. The maximum atomic E-state index is 11.9. The third-order valence-electron chi connectivity index (χ3n) is 3.57. The molecule has 0 aromatic rings. The summed E-state index contributed by atoms with van der Waals surface area (Å²) in [5.74, 6) is 2.30. The van der Waals surface area contributed by atoms with Gasteiger partial charge in [-0.3, -0.25) is 9.79 Å². The molecule has 1 aliphatic rings. The highest BCUT2D eigenvalue weighted by Crippen LogP contribution is 2.25. The summed E-state index contributed by atoms with van der Waals surface area (Å²) in [5, 5.41) is 7.17. The first-order valence-electron chi connectivity index (χ1n) is 8.12. The van der Waals surface area contributed by atoms with Gasteiger partial charge in [0.2, 0.25) is 5.91 Å². The number of carbonyl (C=O) groups is 1. The van der Waals surface area contributed by atoms with Crippen LogP contribution in [0.25, 0.3) is 0 Å². The molecule has 1 rings (SSSR count). The first kappa shape index (κ1) is 21.8. The fraction of sp³-hybridized carbons (Fsp3) is 0.867. The molecule has 2 N–H and O–H groups in total. The molecule has 1 unspecified atom stereocenters. The van der Waals surface area contributed by atoms with Gasteiger partial charge in [-0.2, -0.15) is 11.8 Å². The predicted molar refractivity (Wildman–Crippen MR) is 107 cm³/mol. The number of hydrogen-bond acceptors (Lipinski definition) is 3. The number of hydrogen-bond donors (Lipinski definition) is 2. The number of thioether (sulfide) groups is 1. The number of carbonyl (C=O) groups excluding carboxylic acids is 1. The van der Waals surface area contributed by atoms with E-state index in [9.17, 15) is 4.79 Å². The van der Waals surface area contributed by atoms with Crippen LogP contribution in [0.5, 0.6) is 0 Å². The van der Waals surface area contributed by atoms with Crippen LogP contribution in [-0.4, -0.2) is 60.5 Å². The number of aliphatic imine (C=N–C) groups is 1. The largest absolute Gasteiger partial charge is 0.357 e. The van der Waals surface area contributed by atoms with Gasteiger partial charge in [0.15, 0.2) is 5.96 Å². The zero-order valence-corrected chi connectivity index (χ0v) is 17.2. The van der Waals surface area contributed by atoms with Crippen LogP contribution in [0.4, 0.5) is 0 Å². The highest BCUT2D eigenvalue weighted by molar-refractivity contribution is 14.0. The number of guanidine groups is 1. The third-order valence-corrected chi connectivity index (χ3v) is 4.95. The molecule has 1 fully saturated rings. The van der Waals surface area contributed by atoms with E-state index in [0.717, 1.165) is 32.1 Å². The molecule has 0 aromatic heterocycles. The predicted octanol–water partition coefficient (Wildman–Crippen LogP) is 2.31. The van der Waals surface area contributed by atoms with Crippen molar-refractivity contribution in [2.75, 3.05) is 38.5 Å². The lowest BCUT2D eigenvalue weighted by Crippen LogP contribution is -2.40. The van der Waals surface area contributed by atoms with E-state index in [1.165, 1.54) is 18.6 Å². The summed E-state index contributed by atoms with van der Waals surface area (Å²) in [6.07, 6.45) is 3.10. The average molecular weight is 442 g/mol. The van der Waals surface area contributed by atoms with Crippen LogP contribution in [0, 0.1) is 0 Å². The lowest BCUT2D eigenvalue weighted by Gasteiger charge is -2.19. The van der Waals surface area contributed by atoms with Crippen molar-refractivity contribution in [1.29, 1.82) is 0 Å². The number of nitrogens with zero attached hydrogens (tertiary/aromatic N) is 2. The number of amides is 1. The number of halogens is 1. The van der Waals surface area contributed by atoms with Gasteiger partial charge in [0, 0.05) is 37.8 Å². The van der Waals surface area contributed by atoms with Gasteiger partial charge in [0.25, 0.3) is 0 Å². The van der Waals surface area contributed by atoms with Crippen LogP contribution in [0.15, 0.2) is 4.99 Å². The molecule has 1 aliphatic heterocycles. The second-order valence-corrected chi connectivity index (χ2v) is 6.51. The second kappa shape index (κ2) is 13.3. The quantitative estimate of drug-likeness (QED) is 0.344. The van der Waals surface area contributed by atoms with Gasteiger partial charge in [-0.05, 0) is 39.4 Å². The number of rotatable bonds is 8. The summed E-state index contributed by atoms with van der Waals surface area (Å²) in [6.45, 7) is 9.99. The average Bonchev–Trinajstić information content (AvgIpc) is 2.99. The Morgan fingerprint density at radius 3 is 2.55 bits per heavy atom. The summed E-state index contributed by atoms with van der Waals surface area (Å²) in [5.41, 5.74) is 0. The highest BCUT2D eigenvalue weighted by Gasteiger charge is 2.15. The fourth-order valence-corrected chi connectivity index (χ4v) is 3.53. The van der Waals surface area contributed by atoms with Crippen molar-refractivity contribution in [3.05, 3.63) is 0 Å². The molecule has 1 saturated heterocycles. The van der Waals surface area contributed by atoms with E-state index < -0.39 is 0 Å². The molecule has 0 aliphatic carbocycles. The van der Waals surface area contributed by atoms with Gasteiger partial charge in [-0.1, -0.05) is 0 Å². The van der Waals surface area contributed by atoms with Gasteiger partial charge in [-0.15, -0.1) is 24.0 Å². The van der Waals surface area contributed by atoms with Gasteiger partial charge in [0.05, 0.1) is 6.54 Å². The minimum absolute atomic E-state index is 0. The van der Waals surface area contributed by atoms with Gasteiger partial charge < -0.3 is 15.5 Å². The molecule has 1 heterocycles. The van der Waals surface area contributed by atoms with E-state index in [2.05, 4.69) is 22.5 Å². The molecule has 0 saturated carbocycles. The molecule has 1 amide bonds. The van der Waals surface area contributed by atoms with Gasteiger partial charge in [0.1, 0.15) is 0 Å². The van der Waals surface area contributed by atoms with Crippen molar-refractivity contribution in [2.24, 2.45) is 4.99 Å². The zero-order valence-electron chi connectivity index (χ0n) is 14.1. The molecular weight excluding hydrogens is 411 g/mol. The van der Waals surface area contributed by atoms with E-state index >= 15 is 0 Å². The minimum atomic E-state index is 0. The molecule has 7 heteroatoms. The molecule has 0 aromatic carbocycles. The van der Waals surface area contributed by atoms with Crippen molar-refractivity contribution >= 4 is 47.6 Å². The van der Waals surface area contributed by atoms with E-state index in [1.54, 1.807) is 0 Å². The van der Waals surface area contributed by atoms with E-state index in [4.69, 9.17) is 0 Å². The lowest BCUT2D eigenvalue weighted by atomic mass is 10.2. The minimum Gasteiger partial charge on any atom is -0.357 e. The summed E-state index contributed by atoms with van der Waals surface area (Å²) >= 11 is 2.02. The lowest BCUT2D eigenvalue weighted by molar-refractivity contribution is -0.130. The smallest absolute Gasteiger partial charge is 0.224 e. The van der Waals surface area contributed by atoms with Crippen LogP contribution in [-0.2, 0) is 4.79 Å². The maximum absolute atomic E-state index is 11.9. The first-order chi connectivity index (χ1) is 10.2. The Labute approximate surface area is 156 Å². The van der Waals surface area contributed by atoms with E-state index in [0.29, 0.717) is 18.2 Å². The SMILES string of the molecule is CCNC(=NCC1CCCS1)NCCC(=O)N(CC)CC.I. The Kier molecular flexibility index (Phi) is 13.2. The maximum Gasteiger partial charge on any atom is 0.224 e. The van der Waals surface area contributed by atoms with Crippen LogP contribution in [0.1, 0.15) is 40.0 Å². The van der Waals surface area contributed by atoms with Crippen LogP contribution < -0.4 is 10.6 Å². The zero-order chi connectivity index (χ0) is 15.5. The second-order valence-electron chi connectivity index (χ2n) is 5.10. The van der Waals surface area contributed by atoms with Crippen molar-refractivity contribution in [2.45, 2.75) is 45.3 Å². The molecular formula is C15H31IN4OS. The normalized spacial score (nSPS) is 17.8. The van der Waals surface area contributed by atoms with Crippen molar-refractivity contribution in [3.8, 4) is 0 Å². The van der Waals surface area contributed by atoms with E-state index in [1.807, 2.05) is 30.5 Å².